The van der Waals surface area contributed by atoms with Crippen LogP contribution < -0.4 is 11.5 Å². The normalized spacial score (nSPS) is 10.8. The Bertz CT molecular complexity index is 313. The highest BCUT2D eigenvalue weighted by Crippen LogP contribution is 2.28. The second-order valence-electron chi connectivity index (χ2n) is 2.72. The fourth-order valence-corrected chi connectivity index (χ4v) is 1.21. The summed E-state index contributed by atoms with van der Waals surface area (Å²) < 4.78 is 25.0. The number of pyridine rings is 1. The minimum absolute atomic E-state index is 0.0137. The zero-order chi connectivity index (χ0) is 10.0. The van der Waals surface area contributed by atoms with E-state index in [0.29, 0.717) is 5.56 Å². The van der Waals surface area contributed by atoms with Crippen molar-refractivity contribution in [2.75, 3.05) is 5.73 Å². The highest BCUT2D eigenvalue weighted by molar-refractivity contribution is 5.48. The third kappa shape index (κ3) is 1.75. The molecule has 5 heteroatoms. The number of rotatable bonds is 2. The number of nitrogen functional groups attached to an aromatic ring is 1. The van der Waals surface area contributed by atoms with Gasteiger partial charge in [0.2, 0.25) is 0 Å². The number of aromatic nitrogens is 1. The molecule has 0 unspecified atom stereocenters. The summed E-state index contributed by atoms with van der Waals surface area (Å²) >= 11 is 0. The van der Waals surface area contributed by atoms with Gasteiger partial charge < -0.3 is 11.5 Å². The van der Waals surface area contributed by atoms with Crippen LogP contribution in [0.15, 0.2) is 6.20 Å². The van der Waals surface area contributed by atoms with Crippen LogP contribution in [-0.4, -0.2) is 4.98 Å². The molecule has 4 N–H and O–H groups in total. The van der Waals surface area contributed by atoms with Gasteiger partial charge in [0.1, 0.15) is 5.82 Å². The van der Waals surface area contributed by atoms with E-state index in [9.17, 15) is 8.78 Å². The van der Waals surface area contributed by atoms with Gasteiger partial charge in [0.25, 0.3) is 6.43 Å². The van der Waals surface area contributed by atoms with Crippen molar-refractivity contribution in [3.63, 3.8) is 0 Å². The molecule has 0 fully saturated rings. The van der Waals surface area contributed by atoms with Crippen LogP contribution in [0.5, 0.6) is 0 Å². The molecule has 0 radical (unpaired) electrons. The van der Waals surface area contributed by atoms with Gasteiger partial charge in [-0.1, -0.05) is 0 Å². The maximum atomic E-state index is 12.5. The van der Waals surface area contributed by atoms with E-state index in [1.807, 2.05) is 0 Å². The quantitative estimate of drug-likeness (QED) is 0.734. The molecule has 1 heterocycles. The maximum absolute atomic E-state index is 12.5. The fourth-order valence-electron chi connectivity index (χ4n) is 1.21. The SMILES string of the molecule is Cc1cnc(N)c(CN)c1C(F)F. The van der Waals surface area contributed by atoms with Gasteiger partial charge in [-0.25, -0.2) is 13.8 Å². The van der Waals surface area contributed by atoms with Crippen molar-refractivity contribution in [1.82, 2.24) is 4.98 Å². The predicted octanol–water partition coefficient (Wildman–Crippen LogP) is 1.37. The van der Waals surface area contributed by atoms with Crippen LogP contribution in [0.4, 0.5) is 14.6 Å². The Kier molecular flexibility index (Phi) is 2.77. The third-order valence-corrected chi connectivity index (χ3v) is 1.88. The summed E-state index contributed by atoms with van der Waals surface area (Å²) in [6.07, 6.45) is -1.22. The molecule has 0 saturated carbocycles. The zero-order valence-electron chi connectivity index (χ0n) is 7.22. The standard InChI is InChI=1S/C8H11F2N3/c1-4-3-13-8(12)5(2-11)6(4)7(9)10/h3,7H,2,11H2,1H3,(H2,12,13). The van der Waals surface area contributed by atoms with Crippen LogP contribution in [0, 0.1) is 6.92 Å². The molecule has 1 aromatic heterocycles. The van der Waals surface area contributed by atoms with Crippen LogP contribution in [0.1, 0.15) is 23.1 Å². The highest BCUT2D eigenvalue weighted by Gasteiger charge is 2.17. The van der Waals surface area contributed by atoms with Gasteiger partial charge in [0.15, 0.2) is 0 Å². The highest BCUT2D eigenvalue weighted by atomic mass is 19.3. The number of alkyl halides is 2. The molecule has 1 aromatic rings. The number of aryl methyl sites for hydroxylation is 1. The van der Waals surface area contributed by atoms with Crippen molar-refractivity contribution in [2.24, 2.45) is 5.73 Å². The van der Waals surface area contributed by atoms with Crippen molar-refractivity contribution in [2.45, 2.75) is 19.9 Å². The molecule has 1 rings (SSSR count). The number of hydrogen-bond donors (Lipinski definition) is 2. The van der Waals surface area contributed by atoms with Crippen LogP contribution in [0.25, 0.3) is 0 Å². The van der Waals surface area contributed by atoms with Crippen LogP contribution in [0.3, 0.4) is 0 Å². The van der Waals surface area contributed by atoms with Gasteiger partial charge in [-0.15, -0.1) is 0 Å². The van der Waals surface area contributed by atoms with Crippen molar-refractivity contribution in [3.8, 4) is 0 Å². The van der Waals surface area contributed by atoms with Crippen LogP contribution in [-0.2, 0) is 6.54 Å². The topological polar surface area (TPSA) is 64.9 Å². The smallest absolute Gasteiger partial charge is 0.264 e. The first-order valence-corrected chi connectivity index (χ1v) is 3.80. The summed E-state index contributed by atoms with van der Waals surface area (Å²) in [5.41, 5.74) is 11.3. The summed E-state index contributed by atoms with van der Waals surface area (Å²) in [5, 5.41) is 0. The number of halogens is 2. The Morgan fingerprint density at radius 1 is 1.54 bits per heavy atom. The van der Waals surface area contributed by atoms with E-state index in [1.165, 1.54) is 6.20 Å². The molecule has 72 valence electrons. The minimum atomic E-state index is -2.55. The van der Waals surface area contributed by atoms with Crippen LogP contribution >= 0.6 is 0 Å². The monoisotopic (exact) mass is 187 g/mol. The Hall–Kier alpha value is -1.23. The molecular weight excluding hydrogens is 176 g/mol. The average molecular weight is 187 g/mol. The number of nitrogens with zero attached hydrogens (tertiary/aromatic N) is 1. The Morgan fingerprint density at radius 2 is 2.15 bits per heavy atom. The molecule has 0 spiro atoms. The number of hydrogen-bond acceptors (Lipinski definition) is 3. The number of anilines is 1. The summed E-state index contributed by atoms with van der Waals surface area (Å²) in [6, 6.07) is 0. The largest absolute Gasteiger partial charge is 0.383 e. The van der Waals surface area contributed by atoms with Gasteiger partial charge >= 0.3 is 0 Å². The minimum Gasteiger partial charge on any atom is -0.383 e. The zero-order valence-corrected chi connectivity index (χ0v) is 7.22. The van der Waals surface area contributed by atoms with Gasteiger partial charge in [0.05, 0.1) is 0 Å². The van der Waals surface area contributed by atoms with Gasteiger partial charge in [0, 0.05) is 23.9 Å². The van der Waals surface area contributed by atoms with Crippen LogP contribution in [0.2, 0.25) is 0 Å². The first kappa shape index (κ1) is 9.85. The van der Waals surface area contributed by atoms with Crippen molar-refractivity contribution in [3.05, 3.63) is 22.9 Å². The van der Waals surface area contributed by atoms with Gasteiger partial charge in [-0.2, -0.15) is 0 Å². The first-order valence-electron chi connectivity index (χ1n) is 3.80. The Balaban J connectivity index is 3.35. The third-order valence-electron chi connectivity index (χ3n) is 1.88. The number of nitrogens with two attached hydrogens (primary N) is 2. The lowest BCUT2D eigenvalue weighted by molar-refractivity contribution is 0.149. The second kappa shape index (κ2) is 3.66. The molecule has 0 atom stereocenters. The summed E-state index contributed by atoms with van der Waals surface area (Å²) in [7, 11) is 0. The van der Waals surface area contributed by atoms with Crippen molar-refractivity contribution < 1.29 is 8.78 Å². The molecule has 3 nitrogen and oxygen atoms in total. The predicted molar refractivity (Wildman–Crippen MR) is 46.2 cm³/mol. The molecule has 0 aliphatic carbocycles. The molecule has 0 amide bonds. The summed E-state index contributed by atoms with van der Waals surface area (Å²) in [5.74, 6) is 0.0865. The molecular formula is C8H11F2N3. The lowest BCUT2D eigenvalue weighted by Gasteiger charge is -2.11. The molecule has 0 bridgehead atoms. The van der Waals surface area contributed by atoms with Crippen molar-refractivity contribution >= 4 is 5.82 Å². The average Bonchev–Trinajstić information content (AvgIpc) is 2.07. The lowest BCUT2D eigenvalue weighted by atomic mass is 10.1. The van der Waals surface area contributed by atoms with E-state index in [1.54, 1.807) is 6.92 Å². The molecule has 13 heavy (non-hydrogen) atoms. The van der Waals surface area contributed by atoms with Gasteiger partial charge in [-0.05, 0) is 12.5 Å². The summed E-state index contributed by atoms with van der Waals surface area (Å²) in [6.45, 7) is 1.55. The lowest BCUT2D eigenvalue weighted by Crippen LogP contribution is -2.09. The Labute approximate surface area is 74.8 Å². The van der Waals surface area contributed by atoms with E-state index in [-0.39, 0.29) is 23.5 Å². The van der Waals surface area contributed by atoms with E-state index in [0.717, 1.165) is 0 Å². The second-order valence-corrected chi connectivity index (χ2v) is 2.72. The van der Waals surface area contributed by atoms with E-state index < -0.39 is 6.43 Å². The molecule has 0 aliphatic rings. The summed E-state index contributed by atoms with van der Waals surface area (Å²) in [4.78, 5) is 3.76. The van der Waals surface area contributed by atoms with Gasteiger partial charge in [-0.3, -0.25) is 0 Å². The molecule has 0 saturated heterocycles. The molecule has 0 aliphatic heterocycles. The first-order chi connectivity index (χ1) is 6.07. The molecule has 0 aromatic carbocycles. The van der Waals surface area contributed by atoms with Crippen molar-refractivity contribution in [1.29, 1.82) is 0 Å². The fraction of sp³-hybridized carbons (Fsp3) is 0.375. The van der Waals surface area contributed by atoms with E-state index in [4.69, 9.17) is 11.5 Å². The van der Waals surface area contributed by atoms with E-state index >= 15 is 0 Å². The van der Waals surface area contributed by atoms with E-state index in [2.05, 4.69) is 4.98 Å². The maximum Gasteiger partial charge on any atom is 0.264 e. The Morgan fingerprint density at radius 3 is 2.54 bits per heavy atom.